The van der Waals surface area contributed by atoms with Crippen molar-refractivity contribution in [1.82, 2.24) is 0 Å². The number of allylic oxidation sites excluding steroid dienone is 2. The molecule has 0 spiro atoms. The van der Waals surface area contributed by atoms with E-state index in [9.17, 15) is 0 Å². The molecule has 140 valence electrons. The van der Waals surface area contributed by atoms with E-state index >= 15 is 0 Å². The average molecular weight is 375 g/mol. The topological polar surface area (TPSA) is 9.23 Å². The van der Waals surface area contributed by atoms with E-state index in [0.717, 1.165) is 5.75 Å². The molecule has 3 heteroatoms. The summed E-state index contributed by atoms with van der Waals surface area (Å²) in [4.78, 5) is 0. The highest BCUT2D eigenvalue weighted by atomic mass is 28.4. The number of rotatable bonds is 5. The first-order valence-electron chi connectivity index (χ1n) is 9.26. The Kier molecular flexibility index (Phi) is 6.40. The molecule has 25 heavy (non-hydrogen) atoms. The van der Waals surface area contributed by atoms with Gasteiger partial charge >= 0.3 is 0 Å². The third-order valence-corrected chi connectivity index (χ3v) is 16.1. The highest BCUT2D eigenvalue weighted by Gasteiger charge is 2.40. The minimum Gasteiger partial charge on any atom is -0.544 e. The Morgan fingerprint density at radius 2 is 1.36 bits per heavy atom. The summed E-state index contributed by atoms with van der Waals surface area (Å²) in [6.45, 7) is 27.3. The summed E-state index contributed by atoms with van der Waals surface area (Å²) in [6.07, 6.45) is 4.14. The van der Waals surface area contributed by atoms with Gasteiger partial charge in [0.1, 0.15) is 5.75 Å². The van der Waals surface area contributed by atoms with Crippen molar-refractivity contribution in [3.8, 4) is 5.75 Å². The summed E-state index contributed by atoms with van der Waals surface area (Å²) in [5, 5.41) is 1.95. The molecule has 1 aromatic rings. The first-order chi connectivity index (χ1) is 11.1. The summed E-state index contributed by atoms with van der Waals surface area (Å²) in [7, 11) is -3.43. The van der Waals surface area contributed by atoms with Crippen molar-refractivity contribution < 1.29 is 4.43 Å². The lowest BCUT2D eigenvalue weighted by Crippen LogP contribution is -2.43. The van der Waals surface area contributed by atoms with Gasteiger partial charge in [-0.3, -0.25) is 0 Å². The molecule has 0 N–H and O–H groups in total. The van der Waals surface area contributed by atoms with Gasteiger partial charge in [-0.15, -0.1) is 0 Å². The molecule has 0 atom stereocenters. The van der Waals surface area contributed by atoms with E-state index in [1.807, 2.05) is 6.08 Å². The predicted molar refractivity (Wildman–Crippen MR) is 120 cm³/mol. The van der Waals surface area contributed by atoms with E-state index in [4.69, 9.17) is 4.43 Å². The minimum absolute atomic E-state index is 0.209. The Hall–Kier alpha value is -1.07. The van der Waals surface area contributed by atoms with Gasteiger partial charge in [-0.1, -0.05) is 90.7 Å². The van der Waals surface area contributed by atoms with E-state index in [2.05, 4.69) is 105 Å². The van der Waals surface area contributed by atoms with Crippen LogP contribution in [-0.2, 0) is 0 Å². The van der Waals surface area contributed by atoms with Gasteiger partial charge in [0, 0.05) is 0 Å². The van der Waals surface area contributed by atoms with Crippen LogP contribution in [0.3, 0.4) is 0 Å². The van der Waals surface area contributed by atoms with Crippen LogP contribution in [0, 0.1) is 0 Å². The quantitative estimate of drug-likeness (QED) is 0.379. The van der Waals surface area contributed by atoms with Crippen LogP contribution >= 0.6 is 0 Å². The largest absolute Gasteiger partial charge is 0.544 e. The molecule has 0 saturated carbocycles. The third kappa shape index (κ3) is 4.98. The number of benzene rings is 1. The molecule has 0 fully saturated rings. The predicted octanol–water partition coefficient (Wildman–Crippen LogP) is 7.69. The van der Waals surface area contributed by atoms with Crippen LogP contribution in [0.1, 0.15) is 47.1 Å². The fourth-order valence-electron chi connectivity index (χ4n) is 2.34. The summed E-state index contributed by atoms with van der Waals surface area (Å²) in [6, 6.07) is 8.72. The maximum atomic E-state index is 6.42. The molecule has 1 aromatic carbocycles. The zero-order valence-corrected chi connectivity index (χ0v) is 20.1. The molecule has 0 bridgehead atoms. The summed E-state index contributed by atoms with van der Waals surface area (Å²) >= 11 is 0. The Labute approximate surface area is 158 Å². The molecule has 1 rings (SSSR count). The SMILES string of the molecule is C=C/C=C(\c1ccc(O[Si](C)(C)C(C)(C)C)cc1)[Si](C)(C)C(C)(C)C. The molecular formula is C22H38OSi2. The van der Waals surface area contributed by atoms with E-state index in [1.54, 1.807) is 0 Å². The Morgan fingerprint density at radius 1 is 0.880 bits per heavy atom. The van der Waals surface area contributed by atoms with Gasteiger partial charge < -0.3 is 4.43 Å². The molecule has 0 heterocycles. The molecule has 0 saturated heterocycles. The van der Waals surface area contributed by atoms with Gasteiger partial charge in [-0.2, -0.15) is 0 Å². The van der Waals surface area contributed by atoms with Crippen molar-refractivity contribution in [3.05, 3.63) is 48.6 Å². The monoisotopic (exact) mass is 374 g/mol. The van der Waals surface area contributed by atoms with Crippen LogP contribution in [0.4, 0.5) is 0 Å². The highest BCUT2D eigenvalue weighted by Crippen LogP contribution is 2.44. The fraction of sp³-hybridized carbons (Fsp3) is 0.545. The van der Waals surface area contributed by atoms with Gasteiger partial charge in [0.2, 0.25) is 8.32 Å². The first kappa shape index (κ1) is 22.0. The highest BCUT2D eigenvalue weighted by molar-refractivity contribution is 6.96. The molecule has 0 aliphatic carbocycles. The Balaban J connectivity index is 3.20. The zero-order valence-electron chi connectivity index (χ0n) is 18.1. The molecule has 1 nitrogen and oxygen atoms in total. The fourth-order valence-corrected chi connectivity index (χ4v) is 5.60. The molecule has 0 aliphatic heterocycles. The zero-order chi connectivity index (χ0) is 19.7. The Bertz CT molecular complexity index is 623. The Morgan fingerprint density at radius 3 is 1.72 bits per heavy atom. The van der Waals surface area contributed by atoms with Crippen LogP contribution in [0.15, 0.2) is 43.0 Å². The molecule has 0 amide bonds. The van der Waals surface area contributed by atoms with E-state index in [1.165, 1.54) is 10.8 Å². The maximum Gasteiger partial charge on any atom is 0.250 e. The molecular weight excluding hydrogens is 336 g/mol. The third-order valence-electron chi connectivity index (χ3n) is 6.18. The van der Waals surface area contributed by atoms with Crippen LogP contribution in [-0.4, -0.2) is 16.4 Å². The van der Waals surface area contributed by atoms with Crippen molar-refractivity contribution in [2.24, 2.45) is 0 Å². The van der Waals surface area contributed by atoms with Crippen molar-refractivity contribution in [2.45, 2.75) is 77.8 Å². The van der Waals surface area contributed by atoms with Gasteiger partial charge in [-0.25, -0.2) is 0 Å². The van der Waals surface area contributed by atoms with Crippen molar-refractivity contribution in [2.75, 3.05) is 0 Å². The van der Waals surface area contributed by atoms with Gasteiger partial charge in [-0.05, 0) is 40.9 Å². The second-order valence-corrected chi connectivity index (χ2v) is 20.1. The number of hydrogen-bond acceptors (Lipinski definition) is 1. The van der Waals surface area contributed by atoms with E-state index in [0.29, 0.717) is 0 Å². The van der Waals surface area contributed by atoms with Crippen LogP contribution < -0.4 is 4.43 Å². The van der Waals surface area contributed by atoms with Crippen molar-refractivity contribution >= 4 is 21.6 Å². The van der Waals surface area contributed by atoms with E-state index < -0.39 is 16.4 Å². The van der Waals surface area contributed by atoms with Crippen LogP contribution in [0.25, 0.3) is 5.20 Å². The molecule has 0 radical (unpaired) electrons. The minimum atomic E-state index is -1.79. The van der Waals surface area contributed by atoms with Gasteiger partial charge in [0.25, 0.3) is 0 Å². The summed E-state index contributed by atoms with van der Waals surface area (Å²) in [5.41, 5.74) is 1.30. The van der Waals surface area contributed by atoms with Crippen molar-refractivity contribution in [1.29, 1.82) is 0 Å². The lowest BCUT2D eigenvalue weighted by Gasteiger charge is -2.39. The lowest BCUT2D eigenvalue weighted by atomic mass is 10.2. The smallest absolute Gasteiger partial charge is 0.250 e. The van der Waals surface area contributed by atoms with E-state index in [-0.39, 0.29) is 10.1 Å². The second kappa shape index (κ2) is 7.28. The summed E-state index contributed by atoms with van der Waals surface area (Å²) < 4.78 is 6.42. The summed E-state index contributed by atoms with van der Waals surface area (Å²) in [5.74, 6) is 0.989. The average Bonchev–Trinajstić information content (AvgIpc) is 2.43. The van der Waals surface area contributed by atoms with Gasteiger partial charge in [0.05, 0.1) is 8.07 Å². The van der Waals surface area contributed by atoms with Crippen LogP contribution in [0.2, 0.25) is 36.3 Å². The second-order valence-electron chi connectivity index (χ2n) is 10.1. The molecule has 0 aromatic heterocycles. The lowest BCUT2D eigenvalue weighted by molar-refractivity contribution is 0.492. The van der Waals surface area contributed by atoms with Crippen LogP contribution in [0.5, 0.6) is 5.75 Å². The van der Waals surface area contributed by atoms with Gasteiger partial charge in [0.15, 0.2) is 0 Å². The maximum absolute atomic E-state index is 6.42. The first-order valence-corrected chi connectivity index (χ1v) is 15.2. The number of hydrogen-bond donors (Lipinski definition) is 0. The molecule has 0 unspecified atom stereocenters. The molecule has 0 aliphatic rings. The normalized spacial score (nSPS) is 14.4. The van der Waals surface area contributed by atoms with Crippen molar-refractivity contribution in [3.63, 3.8) is 0 Å². The standard InChI is InChI=1S/C22H38OSi2/c1-12-13-20(24(8,9)21(2,3)4)18-14-16-19(17-15-18)23-25(10,11)22(5,6)7/h12-17H,1H2,2-11H3/b20-13+.